The van der Waals surface area contributed by atoms with Crippen molar-refractivity contribution >= 4 is 35.3 Å². The summed E-state index contributed by atoms with van der Waals surface area (Å²) in [5.41, 5.74) is 3.26. The summed E-state index contributed by atoms with van der Waals surface area (Å²) in [7, 11) is 0. The first-order valence-corrected chi connectivity index (χ1v) is 7.90. The van der Waals surface area contributed by atoms with Gasteiger partial charge >= 0.3 is 0 Å². The van der Waals surface area contributed by atoms with E-state index in [0.717, 1.165) is 31.5 Å². The minimum absolute atomic E-state index is 0.0989. The van der Waals surface area contributed by atoms with Gasteiger partial charge in [0.05, 0.1) is 17.8 Å². The van der Waals surface area contributed by atoms with E-state index in [-0.39, 0.29) is 5.91 Å². The number of rotatable bonds is 4. The van der Waals surface area contributed by atoms with Crippen molar-refractivity contribution in [3.63, 3.8) is 0 Å². The molecule has 1 aliphatic heterocycles. The number of nitrogens with one attached hydrogen (secondary N) is 1. The number of halogens is 2. The Labute approximate surface area is 135 Å². The number of nitrogens with zero attached hydrogens (tertiary/aromatic N) is 2. The molecule has 21 heavy (non-hydrogen) atoms. The molecule has 1 aromatic carbocycles. The van der Waals surface area contributed by atoms with E-state index in [9.17, 15) is 4.79 Å². The number of amides is 1. The van der Waals surface area contributed by atoms with E-state index >= 15 is 0 Å². The van der Waals surface area contributed by atoms with E-state index < -0.39 is 0 Å². The summed E-state index contributed by atoms with van der Waals surface area (Å²) in [5, 5.41) is 5.02. The van der Waals surface area contributed by atoms with Crippen LogP contribution in [-0.4, -0.2) is 36.7 Å². The second-order valence-electron chi connectivity index (χ2n) is 5.15. The van der Waals surface area contributed by atoms with Crippen molar-refractivity contribution in [1.82, 2.24) is 10.3 Å². The highest BCUT2D eigenvalue weighted by molar-refractivity contribution is 6.36. The van der Waals surface area contributed by atoms with Gasteiger partial charge in [-0.05, 0) is 38.1 Å². The Morgan fingerprint density at radius 3 is 2.62 bits per heavy atom. The van der Waals surface area contributed by atoms with Crippen molar-refractivity contribution < 1.29 is 4.79 Å². The van der Waals surface area contributed by atoms with Gasteiger partial charge in [0.25, 0.3) is 5.91 Å². The molecule has 1 N–H and O–H groups in total. The van der Waals surface area contributed by atoms with Crippen LogP contribution in [0.5, 0.6) is 0 Å². The molecule has 1 amide bonds. The molecule has 1 aliphatic rings. The molecule has 1 fully saturated rings. The zero-order valence-electron chi connectivity index (χ0n) is 11.8. The van der Waals surface area contributed by atoms with Gasteiger partial charge in [-0.25, -0.2) is 5.43 Å². The summed E-state index contributed by atoms with van der Waals surface area (Å²) in [6.45, 7) is 2.37. The molecule has 0 unspecified atom stereocenters. The highest BCUT2D eigenvalue weighted by atomic mass is 35.5. The Bertz CT molecular complexity index is 512. The maximum absolute atomic E-state index is 11.8. The van der Waals surface area contributed by atoms with Crippen LogP contribution in [-0.2, 0) is 4.79 Å². The molecule has 0 atom stereocenters. The van der Waals surface area contributed by atoms with Crippen LogP contribution in [0.15, 0.2) is 23.3 Å². The summed E-state index contributed by atoms with van der Waals surface area (Å²) in [6.07, 6.45) is 6.36. The molecular formula is C15H19Cl2N3O. The molecule has 0 radical (unpaired) electrons. The van der Waals surface area contributed by atoms with Gasteiger partial charge in [-0.3, -0.25) is 9.69 Å². The number of carbonyl (C=O) groups is 1. The van der Waals surface area contributed by atoms with Crippen molar-refractivity contribution in [2.24, 2.45) is 5.10 Å². The van der Waals surface area contributed by atoms with Gasteiger partial charge in [-0.1, -0.05) is 42.1 Å². The first kappa shape index (κ1) is 16.3. The van der Waals surface area contributed by atoms with Gasteiger partial charge in [0.2, 0.25) is 0 Å². The van der Waals surface area contributed by atoms with Crippen molar-refractivity contribution in [3.8, 4) is 0 Å². The SMILES string of the molecule is O=C(CN1CCCCCC1)N/N=C/c1ccc(Cl)cc1Cl. The predicted molar refractivity (Wildman–Crippen MR) is 87.1 cm³/mol. The zero-order chi connectivity index (χ0) is 15.1. The summed E-state index contributed by atoms with van der Waals surface area (Å²) in [5.74, 6) is -0.0989. The average Bonchev–Trinajstić information content (AvgIpc) is 2.70. The lowest BCUT2D eigenvalue weighted by Crippen LogP contribution is -2.35. The van der Waals surface area contributed by atoms with E-state index in [1.165, 1.54) is 19.1 Å². The molecule has 0 aliphatic carbocycles. The van der Waals surface area contributed by atoms with Crippen LogP contribution < -0.4 is 5.43 Å². The van der Waals surface area contributed by atoms with Crippen molar-refractivity contribution in [2.75, 3.05) is 19.6 Å². The largest absolute Gasteiger partial charge is 0.294 e. The highest BCUT2D eigenvalue weighted by Crippen LogP contribution is 2.19. The molecule has 0 aromatic heterocycles. The van der Waals surface area contributed by atoms with Gasteiger partial charge in [0.15, 0.2) is 0 Å². The van der Waals surface area contributed by atoms with Crippen LogP contribution in [0.1, 0.15) is 31.2 Å². The first-order chi connectivity index (χ1) is 10.1. The first-order valence-electron chi connectivity index (χ1n) is 7.14. The van der Waals surface area contributed by atoms with Crippen LogP contribution >= 0.6 is 23.2 Å². The molecule has 4 nitrogen and oxygen atoms in total. The fourth-order valence-electron chi connectivity index (χ4n) is 2.31. The van der Waals surface area contributed by atoms with E-state index in [1.807, 2.05) is 0 Å². The summed E-state index contributed by atoms with van der Waals surface area (Å²) in [6, 6.07) is 5.13. The molecule has 1 saturated heterocycles. The van der Waals surface area contributed by atoms with E-state index in [2.05, 4.69) is 15.4 Å². The third-order valence-electron chi connectivity index (χ3n) is 3.42. The van der Waals surface area contributed by atoms with Gasteiger partial charge in [-0.15, -0.1) is 0 Å². The maximum Gasteiger partial charge on any atom is 0.254 e. The van der Waals surface area contributed by atoms with Crippen LogP contribution in [0.25, 0.3) is 0 Å². The molecule has 2 rings (SSSR count). The van der Waals surface area contributed by atoms with E-state index in [1.54, 1.807) is 18.2 Å². The van der Waals surface area contributed by atoms with E-state index in [0.29, 0.717) is 16.6 Å². The van der Waals surface area contributed by atoms with Crippen molar-refractivity contribution in [2.45, 2.75) is 25.7 Å². The molecule has 0 bridgehead atoms. The topological polar surface area (TPSA) is 44.7 Å². The highest BCUT2D eigenvalue weighted by Gasteiger charge is 2.12. The number of benzene rings is 1. The summed E-state index contributed by atoms with van der Waals surface area (Å²) >= 11 is 11.8. The number of likely N-dealkylation sites (tertiary alicyclic amines) is 1. The fraction of sp³-hybridized carbons (Fsp3) is 0.467. The van der Waals surface area contributed by atoms with Crippen LogP contribution in [0, 0.1) is 0 Å². The lowest BCUT2D eigenvalue weighted by atomic mass is 10.2. The minimum Gasteiger partial charge on any atom is -0.294 e. The maximum atomic E-state index is 11.8. The Hall–Kier alpha value is -1.10. The van der Waals surface area contributed by atoms with Crippen molar-refractivity contribution in [3.05, 3.63) is 33.8 Å². The van der Waals surface area contributed by atoms with E-state index in [4.69, 9.17) is 23.2 Å². The van der Waals surface area contributed by atoms with Gasteiger partial charge in [-0.2, -0.15) is 5.10 Å². The Morgan fingerprint density at radius 1 is 1.24 bits per heavy atom. The molecule has 114 valence electrons. The molecular weight excluding hydrogens is 309 g/mol. The summed E-state index contributed by atoms with van der Waals surface area (Å²) < 4.78 is 0. The zero-order valence-corrected chi connectivity index (χ0v) is 13.3. The molecule has 6 heteroatoms. The van der Waals surface area contributed by atoms with Gasteiger partial charge in [0, 0.05) is 10.6 Å². The monoisotopic (exact) mass is 327 g/mol. The second kappa shape index (κ2) is 8.37. The van der Waals surface area contributed by atoms with Crippen LogP contribution in [0.2, 0.25) is 10.0 Å². The van der Waals surface area contributed by atoms with Gasteiger partial charge in [0.1, 0.15) is 0 Å². The predicted octanol–water partition coefficient (Wildman–Crippen LogP) is 3.32. The summed E-state index contributed by atoms with van der Waals surface area (Å²) in [4.78, 5) is 14.0. The smallest absolute Gasteiger partial charge is 0.254 e. The Kier molecular flexibility index (Phi) is 6.49. The number of hydrogen-bond donors (Lipinski definition) is 1. The normalized spacial score (nSPS) is 16.9. The minimum atomic E-state index is -0.0989. The Morgan fingerprint density at radius 2 is 1.95 bits per heavy atom. The standard InChI is InChI=1S/C15H19Cl2N3O/c16-13-6-5-12(14(17)9-13)10-18-19-15(21)11-20-7-3-1-2-4-8-20/h5-6,9-10H,1-4,7-8,11H2,(H,19,21)/b18-10+. The third kappa shape index (κ3) is 5.65. The van der Waals surface area contributed by atoms with Gasteiger partial charge < -0.3 is 0 Å². The quantitative estimate of drug-likeness (QED) is 0.681. The number of hydrogen-bond acceptors (Lipinski definition) is 3. The molecule has 1 aromatic rings. The number of hydrazone groups is 1. The Balaban J connectivity index is 1.81. The third-order valence-corrected chi connectivity index (χ3v) is 3.98. The lowest BCUT2D eigenvalue weighted by molar-refractivity contribution is -0.122. The van der Waals surface area contributed by atoms with Crippen LogP contribution in [0.3, 0.4) is 0 Å². The van der Waals surface area contributed by atoms with Crippen molar-refractivity contribution in [1.29, 1.82) is 0 Å². The number of carbonyl (C=O) groups excluding carboxylic acids is 1. The second-order valence-corrected chi connectivity index (χ2v) is 5.99. The molecule has 0 saturated carbocycles. The van der Waals surface area contributed by atoms with Crippen LogP contribution in [0.4, 0.5) is 0 Å². The lowest BCUT2D eigenvalue weighted by Gasteiger charge is -2.17. The molecule has 1 heterocycles. The fourth-order valence-corrected chi connectivity index (χ4v) is 2.77. The average molecular weight is 328 g/mol. The molecule has 0 spiro atoms.